The maximum atomic E-state index is 12.6. The van der Waals surface area contributed by atoms with Crippen LogP contribution in [0.5, 0.6) is 0 Å². The summed E-state index contributed by atoms with van der Waals surface area (Å²) in [4.78, 5) is 37.0. The molecule has 0 aromatic heterocycles. The van der Waals surface area contributed by atoms with Gasteiger partial charge in [0, 0.05) is 5.56 Å². The summed E-state index contributed by atoms with van der Waals surface area (Å²) in [5.41, 5.74) is 1.18. The third-order valence-corrected chi connectivity index (χ3v) is 5.80. The molecule has 0 spiro atoms. The molecule has 0 atom stereocenters. The van der Waals surface area contributed by atoms with E-state index < -0.39 is 24.5 Å². The molecule has 6 nitrogen and oxygen atoms in total. The first-order valence-corrected chi connectivity index (χ1v) is 10.2. The Labute approximate surface area is 194 Å². The van der Waals surface area contributed by atoms with Gasteiger partial charge in [-0.25, -0.2) is 14.4 Å². The molecule has 32 heavy (non-hydrogen) atoms. The fourth-order valence-corrected chi connectivity index (χ4v) is 4.15. The van der Waals surface area contributed by atoms with Crippen LogP contribution in [0.25, 0.3) is 11.1 Å². The van der Waals surface area contributed by atoms with Crippen LogP contribution in [-0.4, -0.2) is 28.1 Å². The molecule has 3 aromatic rings. The Hall–Kier alpha value is -3.35. The molecular weight excluding hydrogens is 455 g/mol. The van der Waals surface area contributed by atoms with Gasteiger partial charge in [0.15, 0.2) is 0 Å². The third kappa shape index (κ3) is 4.33. The first-order chi connectivity index (χ1) is 15.1. The molecule has 3 aromatic carbocycles. The first kappa shape index (κ1) is 23.3. The van der Waals surface area contributed by atoms with E-state index in [4.69, 9.17) is 27.9 Å². The van der Waals surface area contributed by atoms with Crippen molar-refractivity contribution >= 4 is 41.1 Å². The molecule has 164 valence electrons. The van der Waals surface area contributed by atoms with E-state index in [-0.39, 0.29) is 32.3 Å². The van der Waals surface area contributed by atoms with Crippen molar-refractivity contribution < 1.29 is 29.3 Å². The Bertz CT molecular complexity index is 1210. The van der Waals surface area contributed by atoms with Gasteiger partial charge in [-0.1, -0.05) is 59.6 Å². The van der Waals surface area contributed by atoms with Crippen molar-refractivity contribution in [2.24, 2.45) is 0 Å². The summed E-state index contributed by atoms with van der Waals surface area (Å²) in [5.74, 6) is -3.56. The van der Waals surface area contributed by atoms with E-state index in [1.165, 1.54) is 12.1 Å². The van der Waals surface area contributed by atoms with Crippen LogP contribution in [0.1, 0.15) is 47.8 Å². The van der Waals surface area contributed by atoms with Crippen LogP contribution < -0.4 is 0 Å². The third-order valence-electron chi connectivity index (χ3n) is 5.17. The van der Waals surface area contributed by atoms with Crippen LogP contribution in [0.15, 0.2) is 48.5 Å². The molecule has 0 fully saturated rings. The lowest BCUT2D eigenvalue weighted by Crippen LogP contribution is -2.18. The maximum absolute atomic E-state index is 12.6. The fourth-order valence-electron chi connectivity index (χ4n) is 3.60. The molecule has 0 aliphatic carbocycles. The highest BCUT2D eigenvalue weighted by Crippen LogP contribution is 2.36. The zero-order valence-corrected chi connectivity index (χ0v) is 18.6. The summed E-state index contributed by atoms with van der Waals surface area (Å²) >= 11 is 12.1. The number of carboxylic acids is 2. The topological polar surface area (TPSA) is 101 Å². The van der Waals surface area contributed by atoms with Gasteiger partial charge < -0.3 is 14.9 Å². The Morgan fingerprint density at radius 2 is 1.34 bits per heavy atom. The number of benzene rings is 3. The van der Waals surface area contributed by atoms with Crippen molar-refractivity contribution in [2.45, 2.75) is 20.5 Å². The van der Waals surface area contributed by atoms with Crippen molar-refractivity contribution in [3.63, 3.8) is 0 Å². The van der Waals surface area contributed by atoms with Crippen molar-refractivity contribution in [1.29, 1.82) is 0 Å². The molecule has 3 rings (SSSR count). The van der Waals surface area contributed by atoms with Gasteiger partial charge in [-0.3, -0.25) is 0 Å². The lowest BCUT2D eigenvalue weighted by atomic mass is 9.84. The Balaban J connectivity index is 2.19. The molecule has 0 aliphatic heterocycles. The highest BCUT2D eigenvalue weighted by Gasteiger charge is 2.29. The van der Waals surface area contributed by atoms with Gasteiger partial charge in [0.25, 0.3) is 0 Å². The van der Waals surface area contributed by atoms with Gasteiger partial charge in [-0.2, -0.15) is 0 Å². The number of halogens is 2. The molecule has 2 N–H and O–H groups in total. The van der Waals surface area contributed by atoms with Gasteiger partial charge in [0.2, 0.25) is 0 Å². The quantitative estimate of drug-likeness (QED) is 0.424. The smallest absolute Gasteiger partial charge is 0.341 e. The minimum Gasteiger partial charge on any atom is -0.478 e. The second kappa shape index (κ2) is 9.42. The van der Waals surface area contributed by atoms with Gasteiger partial charge >= 0.3 is 17.9 Å². The van der Waals surface area contributed by atoms with E-state index in [1.807, 2.05) is 0 Å². The summed E-state index contributed by atoms with van der Waals surface area (Å²) in [7, 11) is 0. The van der Waals surface area contributed by atoms with Crippen LogP contribution in [0.4, 0.5) is 0 Å². The van der Waals surface area contributed by atoms with E-state index in [9.17, 15) is 24.6 Å². The number of aromatic carboxylic acids is 2. The van der Waals surface area contributed by atoms with Crippen LogP contribution in [0.2, 0.25) is 10.0 Å². The van der Waals surface area contributed by atoms with Crippen molar-refractivity contribution in [3.05, 3.63) is 92.0 Å². The Morgan fingerprint density at radius 1 is 0.781 bits per heavy atom. The van der Waals surface area contributed by atoms with Crippen LogP contribution >= 0.6 is 23.2 Å². The average Bonchev–Trinajstić information content (AvgIpc) is 2.74. The van der Waals surface area contributed by atoms with E-state index in [0.29, 0.717) is 22.3 Å². The number of carboxylic acid groups (broad SMARTS) is 2. The molecule has 0 saturated carbocycles. The van der Waals surface area contributed by atoms with Gasteiger partial charge in [-0.05, 0) is 48.2 Å². The van der Waals surface area contributed by atoms with Gasteiger partial charge in [-0.15, -0.1) is 0 Å². The normalized spacial score (nSPS) is 10.6. The van der Waals surface area contributed by atoms with Gasteiger partial charge in [0.1, 0.15) is 6.61 Å². The molecule has 8 heteroatoms. The number of esters is 1. The predicted octanol–water partition coefficient (Wildman–Crippen LogP) is 6.03. The summed E-state index contributed by atoms with van der Waals surface area (Å²) in [6.45, 7) is 2.66. The first-order valence-electron chi connectivity index (χ1n) is 9.44. The summed E-state index contributed by atoms with van der Waals surface area (Å²) in [6.07, 6.45) is 0. The van der Waals surface area contributed by atoms with Crippen molar-refractivity contribution in [2.75, 3.05) is 0 Å². The number of ether oxygens (including phenoxy) is 1. The van der Waals surface area contributed by atoms with Crippen molar-refractivity contribution in [1.82, 2.24) is 0 Å². The monoisotopic (exact) mass is 472 g/mol. The highest BCUT2D eigenvalue weighted by molar-refractivity contribution is 6.39. The number of hydrogen-bond acceptors (Lipinski definition) is 4. The maximum Gasteiger partial charge on any atom is 0.341 e. The summed E-state index contributed by atoms with van der Waals surface area (Å²) in [5, 5.41) is 20.0. The van der Waals surface area contributed by atoms with E-state index in [2.05, 4.69) is 0 Å². The number of carbonyl (C=O) groups is 3. The second-order valence-electron chi connectivity index (χ2n) is 7.00. The second-order valence-corrected chi connectivity index (χ2v) is 7.82. The Kier molecular flexibility index (Phi) is 6.87. The zero-order chi connectivity index (χ0) is 23.6. The van der Waals surface area contributed by atoms with E-state index in [1.54, 1.807) is 50.2 Å². The van der Waals surface area contributed by atoms with Crippen LogP contribution in [0, 0.1) is 13.8 Å². The highest BCUT2D eigenvalue weighted by atomic mass is 35.5. The molecule has 0 aliphatic rings. The molecule has 0 bridgehead atoms. The molecule has 0 radical (unpaired) electrons. The molecule has 0 amide bonds. The Morgan fingerprint density at radius 3 is 1.88 bits per heavy atom. The van der Waals surface area contributed by atoms with Gasteiger partial charge in [0.05, 0.1) is 26.7 Å². The number of carbonyl (C=O) groups excluding carboxylic acids is 1. The standard InChI is InChI=1S/C24H18Cl2O6/c1-12-13(2)19(22(27)28)15(11-32-24(31)21-16(25)9-6-10-17(21)26)20(23(29)30)18(12)14-7-4-3-5-8-14/h3-10H,11H2,1-2H3,(H,27,28)(H,29,30). The molecule has 0 heterocycles. The fraction of sp³-hybridized carbons (Fsp3) is 0.125. The molecule has 0 saturated heterocycles. The zero-order valence-electron chi connectivity index (χ0n) is 17.1. The molecular formula is C24H18Cl2O6. The minimum absolute atomic E-state index is 0.0597. The average molecular weight is 473 g/mol. The van der Waals surface area contributed by atoms with Crippen molar-refractivity contribution in [3.8, 4) is 11.1 Å². The largest absolute Gasteiger partial charge is 0.478 e. The molecule has 0 unspecified atom stereocenters. The number of hydrogen-bond donors (Lipinski definition) is 2. The lowest BCUT2D eigenvalue weighted by Gasteiger charge is -2.21. The lowest BCUT2D eigenvalue weighted by molar-refractivity contribution is 0.0459. The van der Waals surface area contributed by atoms with Crippen LogP contribution in [-0.2, 0) is 11.3 Å². The van der Waals surface area contributed by atoms with Crippen LogP contribution in [0.3, 0.4) is 0 Å². The predicted molar refractivity (Wildman–Crippen MR) is 121 cm³/mol. The van der Waals surface area contributed by atoms with E-state index >= 15 is 0 Å². The minimum atomic E-state index is -1.34. The SMILES string of the molecule is Cc1c(C)c(-c2ccccc2)c(C(=O)O)c(COC(=O)c2c(Cl)cccc2Cl)c1C(=O)O. The summed E-state index contributed by atoms with van der Waals surface area (Å²) in [6, 6.07) is 13.2. The summed E-state index contributed by atoms with van der Waals surface area (Å²) < 4.78 is 5.31. The number of rotatable bonds is 6. The van der Waals surface area contributed by atoms with E-state index in [0.717, 1.165) is 0 Å².